The van der Waals surface area contributed by atoms with E-state index in [9.17, 15) is 18.7 Å². The average Bonchev–Trinajstić information content (AvgIpc) is 2.42. The highest BCUT2D eigenvalue weighted by molar-refractivity contribution is 6.03. The summed E-state index contributed by atoms with van der Waals surface area (Å²) in [5.41, 5.74) is -3.76. The number of carbonyl (C=O) groups excluding carboxylic acids is 1. The van der Waals surface area contributed by atoms with Crippen molar-refractivity contribution in [1.82, 2.24) is 4.98 Å². The molecular weight excluding hydrogens is 278 g/mol. The third-order valence-corrected chi connectivity index (χ3v) is 3.56. The van der Waals surface area contributed by atoms with Gasteiger partial charge >= 0.3 is 0 Å². The number of nitriles is 1. The van der Waals surface area contributed by atoms with E-state index < -0.39 is 28.8 Å². The summed E-state index contributed by atoms with van der Waals surface area (Å²) >= 11 is 0. The predicted octanol–water partition coefficient (Wildman–Crippen LogP) is 2.66. The summed E-state index contributed by atoms with van der Waals surface area (Å²) in [6, 6.07) is 4.24. The zero-order chi connectivity index (χ0) is 15.8. The molecule has 1 N–H and O–H groups in total. The number of aromatic nitrogens is 1. The molecule has 1 aliphatic rings. The van der Waals surface area contributed by atoms with Crippen molar-refractivity contribution in [2.75, 3.05) is 0 Å². The molecule has 0 bridgehead atoms. The van der Waals surface area contributed by atoms with Crippen molar-refractivity contribution in [1.29, 1.82) is 5.26 Å². The lowest BCUT2D eigenvalue weighted by molar-refractivity contribution is -0.127. The van der Waals surface area contributed by atoms with E-state index in [-0.39, 0.29) is 17.7 Å². The number of carbonyl (C=O) groups is 1. The Morgan fingerprint density at radius 3 is 2.71 bits per heavy atom. The first-order valence-electron chi connectivity index (χ1n) is 6.35. The molecule has 2 rings (SSSR count). The Balaban J connectivity index is 2.65. The fraction of sp³-hybridized carbons (Fsp3) is 0.400. The minimum absolute atomic E-state index is 0.110. The molecule has 4 nitrogen and oxygen atoms in total. The summed E-state index contributed by atoms with van der Waals surface area (Å²) in [5, 5.41) is 19.8. The molecule has 0 saturated heterocycles. The molecule has 0 spiro atoms. The number of pyridine rings is 1. The maximum atomic E-state index is 13.1. The molecular formula is C15H14F2N2O2. The smallest absolute Gasteiger partial charge is 0.265 e. The van der Waals surface area contributed by atoms with Crippen molar-refractivity contribution >= 4 is 5.78 Å². The van der Waals surface area contributed by atoms with Crippen molar-refractivity contribution in [3.63, 3.8) is 0 Å². The molecule has 110 valence electrons. The van der Waals surface area contributed by atoms with Crippen LogP contribution in [0.4, 0.5) is 8.78 Å². The Morgan fingerprint density at radius 2 is 2.14 bits per heavy atom. The maximum Gasteiger partial charge on any atom is 0.265 e. The van der Waals surface area contributed by atoms with Gasteiger partial charge in [0.05, 0.1) is 11.3 Å². The number of allylic oxidation sites excluding steroid dienone is 1. The van der Waals surface area contributed by atoms with Crippen LogP contribution >= 0.6 is 0 Å². The first kappa shape index (κ1) is 15.3. The predicted molar refractivity (Wildman–Crippen MR) is 70.2 cm³/mol. The number of aliphatic hydroxyl groups is 1. The lowest BCUT2D eigenvalue weighted by atomic mass is 9.68. The topological polar surface area (TPSA) is 74.0 Å². The van der Waals surface area contributed by atoms with Crippen LogP contribution in [0.2, 0.25) is 0 Å². The van der Waals surface area contributed by atoms with E-state index in [2.05, 4.69) is 4.98 Å². The van der Waals surface area contributed by atoms with Crippen LogP contribution in [0.1, 0.15) is 38.0 Å². The van der Waals surface area contributed by atoms with Crippen molar-refractivity contribution in [2.24, 2.45) is 5.41 Å². The molecule has 0 saturated carbocycles. The van der Waals surface area contributed by atoms with Gasteiger partial charge in [-0.3, -0.25) is 9.78 Å². The van der Waals surface area contributed by atoms with Gasteiger partial charge in [-0.15, -0.1) is 0 Å². The number of ketones is 1. The molecule has 0 amide bonds. The molecule has 1 heterocycles. The molecule has 6 heteroatoms. The van der Waals surface area contributed by atoms with Crippen LogP contribution in [0.15, 0.2) is 30.0 Å². The summed E-state index contributed by atoms with van der Waals surface area (Å²) < 4.78 is 26.2. The van der Waals surface area contributed by atoms with Crippen LogP contribution in [-0.4, -0.2) is 15.9 Å². The zero-order valence-corrected chi connectivity index (χ0v) is 11.6. The van der Waals surface area contributed by atoms with Crippen molar-refractivity contribution in [3.05, 3.63) is 41.2 Å². The van der Waals surface area contributed by atoms with Crippen LogP contribution in [0, 0.1) is 16.7 Å². The number of rotatable bonds is 2. The summed E-state index contributed by atoms with van der Waals surface area (Å²) in [5.74, 6) is -0.413. The second kappa shape index (κ2) is 5.01. The van der Waals surface area contributed by atoms with E-state index in [1.165, 1.54) is 18.3 Å². The summed E-state index contributed by atoms with van der Waals surface area (Å²) in [6.45, 7) is 3.13. The fourth-order valence-electron chi connectivity index (χ4n) is 2.66. The van der Waals surface area contributed by atoms with E-state index in [1.807, 2.05) is 0 Å². The van der Waals surface area contributed by atoms with E-state index in [0.29, 0.717) is 0 Å². The minimum Gasteiger partial charge on any atom is -0.379 e. The number of alkyl halides is 2. The molecule has 1 atom stereocenters. The van der Waals surface area contributed by atoms with Gasteiger partial charge in [0.1, 0.15) is 11.7 Å². The zero-order valence-electron chi connectivity index (χ0n) is 11.6. The van der Waals surface area contributed by atoms with Gasteiger partial charge in [0.2, 0.25) is 0 Å². The molecule has 21 heavy (non-hydrogen) atoms. The highest BCUT2D eigenvalue weighted by atomic mass is 19.3. The van der Waals surface area contributed by atoms with Gasteiger partial charge < -0.3 is 5.11 Å². The van der Waals surface area contributed by atoms with Crippen LogP contribution in [0.5, 0.6) is 0 Å². The van der Waals surface area contributed by atoms with Gasteiger partial charge in [0, 0.05) is 17.2 Å². The quantitative estimate of drug-likeness (QED) is 0.909. The van der Waals surface area contributed by atoms with Crippen LogP contribution in [0.25, 0.3) is 0 Å². The molecule has 1 aromatic rings. The van der Waals surface area contributed by atoms with E-state index in [4.69, 9.17) is 5.26 Å². The van der Waals surface area contributed by atoms with Crippen molar-refractivity contribution in [2.45, 2.75) is 32.3 Å². The van der Waals surface area contributed by atoms with E-state index in [0.717, 1.165) is 6.08 Å². The molecule has 1 aromatic heterocycles. The second-order valence-corrected chi connectivity index (χ2v) is 5.73. The largest absolute Gasteiger partial charge is 0.379 e. The summed E-state index contributed by atoms with van der Waals surface area (Å²) in [4.78, 5) is 15.9. The summed E-state index contributed by atoms with van der Waals surface area (Å²) in [6.07, 6.45) is -0.588. The molecule has 1 aliphatic carbocycles. The van der Waals surface area contributed by atoms with Crippen molar-refractivity contribution in [3.8, 4) is 6.07 Å². The Hall–Kier alpha value is -2.13. The number of hydrogen-bond donors (Lipinski definition) is 1. The first-order chi connectivity index (χ1) is 9.71. The first-order valence-corrected chi connectivity index (χ1v) is 6.35. The SMILES string of the molecule is CC1(C)CC(O)(c2ncccc2C(F)F)C=C(C#N)C1=O. The third kappa shape index (κ3) is 2.57. The van der Waals surface area contributed by atoms with E-state index in [1.54, 1.807) is 19.9 Å². The van der Waals surface area contributed by atoms with Gasteiger partial charge in [-0.25, -0.2) is 8.78 Å². The average molecular weight is 292 g/mol. The standard InChI is InChI=1S/C15H14F2N2O2/c1-14(2)8-15(21,6-9(7-18)12(14)20)11-10(13(16)17)4-3-5-19-11/h3-6,13,21H,8H2,1-2H3. The van der Waals surface area contributed by atoms with Gasteiger partial charge in [-0.05, 0) is 24.6 Å². The Labute approximate surface area is 120 Å². The lowest BCUT2D eigenvalue weighted by Gasteiger charge is -2.37. The summed E-state index contributed by atoms with van der Waals surface area (Å²) in [7, 11) is 0. The molecule has 0 fully saturated rings. The second-order valence-electron chi connectivity index (χ2n) is 5.73. The molecule has 0 radical (unpaired) electrons. The van der Waals surface area contributed by atoms with E-state index >= 15 is 0 Å². The fourth-order valence-corrected chi connectivity index (χ4v) is 2.66. The lowest BCUT2D eigenvalue weighted by Crippen LogP contribution is -2.41. The highest BCUT2D eigenvalue weighted by Crippen LogP contribution is 2.44. The number of halogens is 2. The van der Waals surface area contributed by atoms with Gasteiger partial charge in [0.25, 0.3) is 6.43 Å². The maximum absolute atomic E-state index is 13.1. The third-order valence-electron chi connectivity index (χ3n) is 3.56. The normalized spacial score (nSPS) is 24.6. The number of Topliss-reactive ketones (excluding diaryl/α,β-unsaturated/α-hetero) is 1. The Bertz CT molecular complexity index is 662. The van der Waals surface area contributed by atoms with Crippen LogP contribution in [-0.2, 0) is 10.4 Å². The van der Waals surface area contributed by atoms with Gasteiger partial charge in [-0.2, -0.15) is 5.26 Å². The Kier molecular flexibility index (Phi) is 3.64. The number of hydrogen-bond acceptors (Lipinski definition) is 4. The van der Waals surface area contributed by atoms with Crippen LogP contribution in [0.3, 0.4) is 0 Å². The molecule has 1 unspecified atom stereocenters. The number of nitrogens with zero attached hydrogens (tertiary/aromatic N) is 2. The van der Waals surface area contributed by atoms with Gasteiger partial charge in [0.15, 0.2) is 5.78 Å². The molecule has 0 aromatic carbocycles. The van der Waals surface area contributed by atoms with Crippen LogP contribution < -0.4 is 0 Å². The molecule has 0 aliphatic heterocycles. The van der Waals surface area contributed by atoms with Crippen molar-refractivity contribution < 1.29 is 18.7 Å². The Morgan fingerprint density at radius 1 is 1.48 bits per heavy atom. The minimum atomic E-state index is -2.81. The highest BCUT2D eigenvalue weighted by Gasteiger charge is 2.47. The monoisotopic (exact) mass is 292 g/mol. The van der Waals surface area contributed by atoms with Gasteiger partial charge in [-0.1, -0.05) is 13.8 Å².